The molecular formula is C33H39FO. The minimum absolute atomic E-state index is 0.108. The Bertz CT molecular complexity index is 1130. The molecule has 0 spiro atoms. The summed E-state index contributed by atoms with van der Waals surface area (Å²) in [5.41, 5.74) is 3.52. The molecule has 1 aliphatic rings. The Morgan fingerprint density at radius 1 is 0.914 bits per heavy atom. The molecule has 1 saturated carbocycles. The maximum absolute atomic E-state index is 15.2. The summed E-state index contributed by atoms with van der Waals surface area (Å²) in [5, 5.41) is 1.54. The van der Waals surface area contributed by atoms with E-state index in [0.29, 0.717) is 24.3 Å². The van der Waals surface area contributed by atoms with Gasteiger partial charge in [0, 0.05) is 5.39 Å². The van der Waals surface area contributed by atoms with Crippen molar-refractivity contribution < 1.29 is 9.13 Å². The van der Waals surface area contributed by atoms with Crippen LogP contribution in [0.2, 0.25) is 0 Å². The third-order valence-electron chi connectivity index (χ3n) is 7.36. The second kappa shape index (κ2) is 12.7. The molecule has 2 heteroatoms. The van der Waals surface area contributed by atoms with Gasteiger partial charge in [0.15, 0.2) is 0 Å². The normalized spacial score (nSPS) is 18.6. The molecule has 0 amide bonds. The SMILES string of the molecule is CC=CCOc1ccc2c(F)c(CCc3ccc(C4CCC(/C=C/CCC)CC4)cc3)ccc2c1. The first-order valence-corrected chi connectivity index (χ1v) is 13.4. The monoisotopic (exact) mass is 470 g/mol. The van der Waals surface area contributed by atoms with Crippen molar-refractivity contribution in [3.63, 3.8) is 0 Å². The Balaban J connectivity index is 1.33. The van der Waals surface area contributed by atoms with Crippen molar-refractivity contribution in [3.05, 3.63) is 101 Å². The Kier molecular flexibility index (Phi) is 9.17. The number of unbranched alkanes of at least 4 members (excludes halogenated alkanes) is 1. The highest BCUT2D eigenvalue weighted by molar-refractivity contribution is 5.85. The van der Waals surface area contributed by atoms with Crippen LogP contribution in [0, 0.1) is 11.7 Å². The number of rotatable bonds is 10. The Hall–Kier alpha value is -2.87. The fourth-order valence-electron chi connectivity index (χ4n) is 5.17. The molecular weight excluding hydrogens is 431 g/mol. The third kappa shape index (κ3) is 6.84. The number of benzene rings is 3. The van der Waals surface area contributed by atoms with Crippen LogP contribution in [0.15, 0.2) is 78.9 Å². The van der Waals surface area contributed by atoms with E-state index in [0.717, 1.165) is 29.0 Å². The van der Waals surface area contributed by atoms with Crippen LogP contribution in [0.4, 0.5) is 4.39 Å². The predicted molar refractivity (Wildman–Crippen MR) is 147 cm³/mol. The molecule has 0 bridgehead atoms. The minimum Gasteiger partial charge on any atom is -0.490 e. The Labute approximate surface area is 210 Å². The largest absolute Gasteiger partial charge is 0.490 e. The third-order valence-corrected chi connectivity index (χ3v) is 7.36. The summed E-state index contributed by atoms with van der Waals surface area (Å²) in [6, 6.07) is 18.6. The summed E-state index contributed by atoms with van der Waals surface area (Å²) < 4.78 is 20.9. The molecule has 1 fully saturated rings. The average Bonchev–Trinajstić information content (AvgIpc) is 2.89. The lowest BCUT2D eigenvalue weighted by atomic mass is 9.78. The van der Waals surface area contributed by atoms with Crippen molar-refractivity contribution in [1.29, 1.82) is 0 Å². The zero-order chi connectivity index (χ0) is 24.5. The molecule has 184 valence electrons. The number of ether oxygens (including phenoxy) is 1. The summed E-state index contributed by atoms with van der Waals surface area (Å²) in [6.07, 6.45) is 17.9. The lowest BCUT2D eigenvalue weighted by Crippen LogP contribution is -2.11. The van der Waals surface area contributed by atoms with Gasteiger partial charge in [-0.05, 0) is 104 Å². The van der Waals surface area contributed by atoms with Gasteiger partial charge in [-0.15, -0.1) is 0 Å². The van der Waals surface area contributed by atoms with Crippen LogP contribution in [0.3, 0.4) is 0 Å². The maximum Gasteiger partial charge on any atom is 0.134 e. The summed E-state index contributed by atoms with van der Waals surface area (Å²) in [7, 11) is 0. The maximum atomic E-state index is 15.2. The lowest BCUT2D eigenvalue weighted by molar-refractivity contribution is 0.363. The van der Waals surface area contributed by atoms with Crippen molar-refractivity contribution in [2.45, 2.75) is 71.1 Å². The second-order valence-corrected chi connectivity index (χ2v) is 9.87. The van der Waals surface area contributed by atoms with Crippen molar-refractivity contribution in [3.8, 4) is 5.75 Å². The summed E-state index contributed by atoms with van der Waals surface area (Å²) >= 11 is 0. The zero-order valence-electron chi connectivity index (χ0n) is 21.3. The van der Waals surface area contributed by atoms with Crippen molar-refractivity contribution in [2.24, 2.45) is 5.92 Å². The van der Waals surface area contributed by atoms with E-state index < -0.39 is 0 Å². The number of fused-ring (bicyclic) bond motifs is 1. The van der Waals surface area contributed by atoms with Gasteiger partial charge in [0.2, 0.25) is 0 Å². The molecule has 0 unspecified atom stereocenters. The molecule has 3 aromatic carbocycles. The van der Waals surface area contributed by atoms with Crippen LogP contribution in [0.1, 0.15) is 75.0 Å². The van der Waals surface area contributed by atoms with E-state index in [2.05, 4.69) is 43.3 Å². The Morgan fingerprint density at radius 3 is 2.46 bits per heavy atom. The van der Waals surface area contributed by atoms with Gasteiger partial charge in [-0.1, -0.05) is 74.0 Å². The van der Waals surface area contributed by atoms with Gasteiger partial charge in [-0.25, -0.2) is 4.39 Å². The molecule has 0 N–H and O–H groups in total. The highest BCUT2D eigenvalue weighted by atomic mass is 19.1. The first-order valence-electron chi connectivity index (χ1n) is 13.4. The average molecular weight is 471 g/mol. The molecule has 0 saturated heterocycles. The molecule has 0 radical (unpaired) electrons. The highest BCUT2D eigenvalue weighted by Crippen LogP contribution is 2.36. The molecule has 3 aromatic rings. The number of hydrogen-bond donors (Lipinski definition) is 0. The summed E-state index contributed by atoms with van der Waals surface area (Å²) in [5.74, 6) is 2.11. The first kappa shape index (κ1) is 25.2. The fraction of sp³-hybridized carbons (Fsp3) is 0.394. The standard InChI is InChI=1S/C33H39FO/c1-3-5-7-8-25-9-14-27(15-10-25)28-16-11-26(12-17-28)13-18-29-19-20-30-24-31(35-23-6-4-2)21-22-32(30)33(29)34/h4,6-8,11-12,16-17,19-22,24-25,27H,3,5,9-10,13-15,18,23H2,1-2H3/b6-4?,8-7+. The van der Waals surface area contributed by atoms with Gasteiger partial charge in [0.1, 0.15) is 18.2 Å². The molecule has 4 rings (SSSR count). The highest BCUT2D eigenvalue weighted by Gasteiger charge is 2.20. The number of aryl methyl sites for hydroxylation is 2. The van der Waals surface area contributed by atoms with Crippen LogP contribution >= 0.6 is 0 Å². The van der Waals surface area contributed by atoms with Crippen molar-refractivity contribution >= 4 is 10.8 Å². The van der Waals surface area contributed by atoms with E-state index in [9.17, 15) is 0 Å². The van der Waals surface area contributed by atoms with Crippen LogP contribution in [0.5, 0.6) is 5.75 Å². The van der Waals surface area contributed by atoms with E-state index in [1.807, 2.05) is 49.4 Å². The van der Waals surface area contributed by atoms with Crippen LogP contribution in [0.25, 0.3) is 10.8 Å². The lowest BCUT2D eigenvalue weighted by Gasteiger charge is -2.27. The van der Waals surface area contributed by atoms with Gasteiger partial charge in [-0.2, -0.15) is 0 Å². The molecule has 0 aromatic heterocycles. The Morgan fingerprint density at radius 2 is 1.71 bits per heavy atom. The molecule has 0 atom stereocenters. The number of halogens is 1. The van der Waals surface area contributed by atoms with Crippen molar-refractivity contribution in [1.82, 2.24) is 0 Å². The van der Waals surface area contributed by atoms with E-state index in [-0.39, 0.29) is 5.82 Å². The van der Waals surface area contributed by atoms with Crippen molar-refractivity contribution in [2.75, 3.05) is 6.61 Å². The minimum atomic E-state index is -0.108. The van der Waals surface area contributed by atoms with Gasteiger partial charge >= 0.3 is 0 Å². The summed E-state index contributed by atoms with van der Waals surface area (Å²) in [4.78, 5) is 0. The number of hydrogen-bond acceptors (Lipinski definition) is 1. The van der Waals surface area contributed by atoms with Gasteiger partial charge in [-0.3, -0.25) is 0 Å². The van der Waals surface area contributed by atoms with Crippen LogP contribution in [-0.4, -0.2) is 6.61 Å². The van der Waals surface area contributed by atoms with E-state index >= 15 is 4.39 Å². The smallest absolute Gasteiger partial charge is 0.134 e. The molecule has 1 aliphatic carbocycles. The second-order valence-electron chi connectivity index (χ2n) is 9.87. The van der Waals surface area contributed by atoms with Gasteiger partial charge < -0.3 is 4.74 Å². The van der Waals surface area contributed by atoms with E-state index in [1.165, 1.54) is 49.7 Å². The van der Waals surface area contributed by atoms with Crippen LogP contribution in [-0.2, 0) is 12.8 Å². The summed E-state index contributed by atoms with van der Waals surface area (Å²) in [6.45, 7) is 4.73. The predicted octanol–water partition coefficient (Wildman–Crippen LogP) is 9.35. The van der Waals surface area contributed by atoms with E-state index in [1.54, 1.807) is 0 Å². The number of allylic oxidation sites excluding steroid dienone is 3. The van der Waals surface area contributed by atoms with Crippen LogP contribution < -0.4 is 4.74 Å². The van der Waals surface area contributed by atoms with E-state index in [4.69, 9.17) is 4.74 Å². The quantitative estimate of drug-likeness (QED) is 0.268. The molecule has 0 heterocycles. The topological polar surface area (TPSA) is 9.23 Å². The first-order chi connectivity index (χ1) is 17.2. The fourth-order valence-corrected chi connectivity index (χ4v) is 5.17. The molecule has 35 heavy (non-hydrogen) atoms. The molecule has 1 nitrogen and oxygen atoms in total. The zero-order valence-corrected chi connectivity index (χ0v) is 21.3. The van der Waals surface area contributed by atoms with Gasteiger partial charge in [0.25, 0.3) is 0 Å². The van der Waals surface area contributed by atoms with Gasteiger partial charge in [0.05, 0.1) is 0 Å². The molecule has 0 aliphatic heterocycles.